The monoisotopic (exact) mass is 288 g/mol. The second-order valence-electron chi connectivity index (χ2n) is 6.10. The largest absolute Gasteiger partial charge is 0.391 e. The maximum absolute atomic E-state index is 12.2. The van der Waals surface area contributed by atoms with Crippen molar-refractivity contribution in [1.29, 1.82) is 0 Å². The van der Waals surface area contributed by atoms with Gasteiger partial charge in [-0.2, -0.15) is 0 Å². The Hall–Kier alpha value is -1.88. The van der Waals surface area contributed by atoms with E-state index in [1.165, 1.54) is 5.56 Å². The number of hydrogen-bond acceptors (Lipinski definition) is 3. The summed E-state index contributed by atoms with van der Waals surface area (Å²) in [7, 11) is 0. The van der Waals surface area contributed by atoms with Gasteiger partial charge in [0.05, 0.1) is 12.1 Å². The topological polar surface area (TPSA) is 69.6 Å². The Balaban J connectivity index is 1.84. The van der Waals surface area contributed by atoms with Crippen molar-refractivity contribution in [2.45, 2.75) is 37.3 Å². The number of amides is 2. The van der Waals surface area contributed by atoms with Gasteiger partial charge in [-0.25, -0.2) is 0 Å². The van der Waals surface area contributed by atoms with E-state index in [1.54, 1.807) is 11.8 Å². The normalized spacial score (nSPS) is 25.4. The van der Waals surface area contributed by atoms with Crippen molar-refractivity contribution in [2.75, 3.05) is 13.1 Å². The van der Waals surface area contributed by atoms with Crippen LogP contribution in [0.1, 0.15) is 25.3 Å². The fraction of sp³-hybridized carbons (Fsp3) is 0.500. The van der Waals surface area contributed by atoms with Crippen molar-refractivity contribution in [3.8, 4) is 0 Å². The lowest BCUT2D eigenvalue weighted by Crippen LogP contribution is -2.62. The molecule has 2 fully saturated rings. The molecule has 1 saturated carbocycles. The van der Waals surface area contributed by atoms with Gasteiger partial charge in [0.1, 0.15) is 0 Å². The Labute approximate surface area is 123 Å². The lowest BCUT2D eigenvalue weighted by molar-refractivity contribution is -0.153. The standard InChI is InChI=1S/C16H20N2O3/c1-11(19)13-9-17-14(20)15(21)18(13)10-16(7-8-16)12-5-3-2-4-6-12/h2-6,11,13,19H,7-10H2,1H3,(H,17,20)/t11?,13-/m1/s1. The van der Waals surface area contributed by atoms with Gasteiger partial charge in [-0.15, -0.1) is 0 Å². The minimum atomic E-state index is -0.666. The number of aliphatic hydroxyl groups excluding tert-OH is 1. The molecule has 2 aliphatic rings. The number of piperazine rings is 1. The molecule has 5 nitrogen and oxygen atoms in total. The van der Waals surface area contributed by atoms with Crippen LogP contribution in [0.25, 0.3) is 0 Å². The van der Waals surface area contributed by atoms with Crippen LogP contribution in [0.4, 0.5) is 0 Å². The van der Waals surface area contributed by atoms with Crippen LogP contribution in [0.2, 0.25) is 0 Å². The Bertz CT molecular complexity index is 552. The van der Waals surface area contributed by atoms with E-state index in [2.05, 4.69) is 17.4 Å². The summed E-state index contributed by atoms with van der Waals surface area (Å²) in [5.41, 5.74) is 1.15. The second kappa shape index (κ2) is 5.15. The maximum Gasteiger partial charge on any atom is 0.312 e. The van der Waals surface area contributed by atoms with Crippen molar-refractivity contribution in [1.82, 2.24) is 10.2 Å². The molecule has 1 aliphatic heterocycles. The molecule has 1 aromatic rings. The third-order valence-electron chi connectivity index (χ3n) is 4.60. The van der Waals surface area contributed by atoms with Crippen LogP contribution in [0.3, 0.4) is 0 Å². The highest BCUT2D eigenvalue weighted by Gasteiger charge is 2.49. The van der Waals surface area contributed by atoms with E-state index in [0.717, 1.165) is 12.8 Å². The van der Waals surface area contributed by atoms with Crippen molar-refractivity contribution >= 4 is 11.8 Å². The average Bonchev–Trinajstić information content (AvgIpc) is 3.26. The number of nitrogens with zero attached hydrogens (tertiary/aromatic N) is 1. The summed E-state index contributed by atoms with van der Waals surface area (Å²) in [6, 6.07) is 9.74. The van der Waals surface area contributed by atoms with Gasteiger partial charge in [-0.3, -0.25) is 9.59 Å². The molecule has 1 saturated heterocycles. The van der Waals surface area contributed by atoms with Crippen LogP contribution >= 0.6 is 0 Å². The van der Waals surface area contributed by atoms with Gasteiger partial charge in [0.15, 0.2) is 0 Å². The SMILES string of the molecule is CC(O)[C@H]1CNC(=O)C(=O)N1CC1(c2ccccc2)CC1. The summed E-state index contributed by atoms with van der Waals surface area (Å²) in [6.07, 6.45) is 1.35. The molecule has 2 atom stereocenters. The summed E-state index contributed by atoms with van der Waals surface area (Å²) in [5, 5.41) is 12.4. The first-order valence-electron chi connectivity index (χ1n) is 7.36. The van der Waals surface area contributed by atoms with E-state index in [-0.39, 0.29) is 11.5 Å². The van der Waals surface area contributed by atoms with E-state index in [0.29, 0.717) is 13.1 Å². The minimum absolute atomic E-state index is 0.0539. The third kappa shape index (κ3) is 2.53. The number of nitrogens with one attached hydrogen (secondary N) is 1. The molecule has 1 unspecified atom stereocenters. The fourth-order valence-electron chi connectivity index (χ4n) is 3.09. The molecular weight excluding hydrogens is 268 g/mol. The van der Waals surface area contributed by atoms with E-state index in [9.17, 15) is 14.7 Å². The molecule has 1 aliphatic carbocycles. The maximum atomic E-state index is 12.2. The molecule has 112 valence electrons. The number of carbonyl (C=O) groups is 2. The quantitative estimate of drug-likeness (QED) is 0.789. The van der Waals surface area contributed by atoms with Gasteiger partial charge in [0.2, 0.25) is 0 Å². The predicted molar refractivity (Wildman–Crippen MR) is 77.5 cm³/mol. The molecule has 1 aromatic carbocycles. The van der Waals surface area contributed by atoms with Crippen LogP contribution in [0.5, 0.6) is 0 Å². The number of carbonyl (C=O) groups excluding carboxylic acids is 2. The zero-order chi connectivity index (χ0) is 15.0. The number of hydrogen-bond donors (Lipinski definition) is 2. The van der Waals surface area contributed by atoms with Crippen LogP contribution in [0, 0.1) is 0 Å². The van der Waals surface area contributed by atoms with Crippen molar-refractivity contribution in [3.05, 3.63) is 35.9 Å². The molecule has 5 heteroatoms. The van der Waals surface area contributed by atoms with Crippen LogP contribution in [-0.2, 0) is 15.0 Å². The first-order valence-corrected chi connectivity index (χ1v) is 7.36. The van der Waals surface area contributed by atoms with Crippen LogP contribution < -0.4 is 5.32 Å². The molecule has 2 amide bonds. The van der Waals surface area contributed by atoms with E-state index in [1.807, 2.05) is 18.2 Å². The molecule has 0 radical (unpaired) electrons. The highest BCUT2D eigenvalue weighted by atomic mass is 16.3. The van der Waals surface area contributed by atoms with Crippen LogP contribution in [-0.4, -0.2) is 47.1 Å². The van der Waals surface area contributed by atoms with Crippen molar-refractivity contribution in [3.63, 3.8) is 0 Å². The Morgan fingerprint density at radius 3 is 2.57 bits per heavy atom. The molecule has 0 spiro atoms. The summed E-state index contributed by atoms with van der Waals surface area (Å²) in [6.45, 7) is 2.47. The number of benzene rings is 1. The summed E-state index contributed by atoms with van der Waals surface area (Å²) in [4.78, 5) is 25.4. The molecular formula is C16H20N2O3. The highest BCUT2D eigenvalue weighted by molar-refractivity contribution is 6.35. The predicted octanol–water partition coefficient (Wildman–Crippen LogP) is 0.426. The van der Waals surface area contributed by atoms with E-state index < -0.39 is 17.9 Å². The first kappa shape index (κ1) is 14.1. The van der Waals surface area contributed by atoms with Crippen LogP contribution in [0.15, 0.2) is 30.3 Å². The molecule has 21 heavy (non-hydrogen) atoms. The number of rotatable bonds is 4. The molecule has 0 aromatic heterocycles. The van der Waals surface area contributed by atoms with Gasteiger partial charge >= 0.3 is 11.8 Å². The lowest BCUT2D eigenvalue weighted by Gasteiger charge is -2.39. The summed E-state index contributed by atoms with van der Waals surface area (Å²) in [5.74, 6) is -1.11. The zero-order valence-electron chi connectivity index (χ0n) is 12.1. The Morgan fingerprint density at radius 2 is 2.00 bits per heavy atom. The summed E-state index contributed by atoms with van der Waals surface area (Å²) >= 11 is 0. The van der Waals surface area contributed by atoms with Gasteiger partial charge in [0.25, 0.3) is 0 Å². The van der Waals surface area contributed by atoms with Crippen molar-refractivity contribution < 1.29 is 14.7 Å². The van der Waals surface area contributed by atoms with Gasteiger partial charge in [0, 0.05) is 18.5 Å². The zero-order valence-corrected chi connectivity index (χ0v) is 12.1. The van der Waals surface area contributed by atoms with Gasteiger partial charge in [-0.1, -0.05) is 30.3 Å². The minimum Gasteiger partial charge on any atom is -0.391 e. The third-order valence-corrected chi connectivity index (χ3v) is 4.60. The van der Waals surface area contributed by atoms with Gasteiger partial charge < -0.3 is 15.3 Å². The average molecular weight is 288 g/mol. The second-order valence-corrected chi connectivity index (χ2v) is 6.10. The van der Waals surface area contributed by atoms with E-state index in [4.69, 9.17) is 0 Å². The number of aliphatic hydroxyl groups is 1. The molecule has 3 rings (SSSR count). The highest BCUT2D eigenvalue weighted by Crippen LogP contribution is 2.49. The summed E-state index contributed by atoms with van der Waals surface area (Å²) < 4.78 is 0. The Kier molecular flexibility index (Phi) is 3.45. The smallest absolute Gasteiger partial charge is 0.312 e. The lowest BCUT2D eigenvalue weighted by atomic mass is 9.93. The molecule has 2 N–H and O–H groups in total. The van der Waals surface area contributed by atoms with E-state index >= 15 is 0 Å². The Morgan fingerprint density at radius 1 is 1.33 bits per heavy atom. The molecule has 0 bridgehead atoms. The van der Waals surface area contributed by atoms with Gasteiger partial charge in [-0.05, 0) is 25.3 Å². The van der Waals surface area contributed by atoms with Crippen molar-refractivity contribution in [2.24, 2.45) is 0 Å². The molecule has 1 heterocycles. The first-order chi connectivity index (χ1) is 10.0. The fourth-order valence-corrected chi connectivity index (χ4v) is 3.09.